The van der Waals surface area contributed by atoms with Crippen LogP contribution in [0, 0.1) is 0 Å². The van der Waals surface area contributed by atoms with Crippen molar-refractivity contribution in [2.75, 3.05) is 0 Å². The van der Waals surface area contributed by atoms with Gasteiger partial charge in [-0.1, -0.05) is 12.1 Å². The lowest BCUT2D eigenvalue weighted by molar-refractivity contribution is 0.0951. The van der Waals surface area contributed by atoms with Crippen LogP contribution >= 0.6 is 22.7 Å². The van der Waals surface area contributed by atoms with Crippen molar-refractivity contribution in [1.29, 1.82) is 0 Å². The van der Waals surface area contributed by atoms with Gasteiger partial charge in [0, 0.05) is 42.5 Å². The molecule has 0 aliphatic rings. The van der Waals surface area contributed by atoms with Crippen molar-refractivity contribution in [2.45, 2.75) is 6.54 Å². The van der Waals surface area contributed by atoms with E-state index < -0.39 is 0 Å². The third-order valence-electron chi connectivity index (χ3n) is 4.31. The van der Waals surface area contributed by atoms with Crippen LogP contribution in [0.4, 0.5) is 0 Å². The summed E-state index contributed by atoms with van der Waals surface area (Å²) in [7, 11) is 1.65. The average Bonchev–Trinajstić information content (AvgIpc) is 3.42. The van der Waals surface area contributed by atoms with Crippen molar-refractivity contribution in [2.24, 2.45) is 7.05 Å². The molecule has 1 N–H and O–H groups in total. The Kier molecular flexibility index (Phi) is 5.18. The Balaban J connectivity index is 1.57. The van der Waals surface area contributed by atoms with E-state index in [1.54, 1.807) is 30.8 Å². The Morgan fingerprint density at radius 1 is 1.11 bits per heavy atom. The highest BCUT2D eigenvalue weighted by molar-refractivity contribution is 7.13. The zero-order chi connectivity index (χ0) is 19.5. The Hall–Kier alpha value is -3.03. The van der Waals surface area contributed by atoms with E-state index in [1.165, 1.54) is 22.0 Å². The van der Waals surface area contributed by atoms with Crippen LogP contribution in [-0.2, 0) is 13.6 Å². The number of aryl methyl sites for hydroxylation is 1. The predicted octanol–water partition coefficient (Wildman–Crippen LogP) is 4.17. The van der Waals surface area contributed by atoms with Gasteiger partial charge in [0.05, 0.1) is 16.1 Å². The molecule has 4 heterocycles. The number of nitrogens with one attached hydrogen (secondary N) is 1. The third kappa shape index (κ3) is 3.81. The summed E-state index contributed by atoms with van der Waals surface area (Å²) >= 11 is 3.13. The molecule has 0 radical (unpaired) electrons. The fourth-order valence-electron chi connectivity index (χ4n) is 2.87. The fourth-order valence-corrected chi connectivity index (χ4v) is 4.32. The molecule has 0 atom stereocenters. The van der Waals surface area contributed by atoms with E-state index in [0.717, 1.165) is 21.0 Å². The zero-order valence-electron chi connectivity index (χ0n) is 15.1. The first-order valence-electron chi connectivity index (χ1n) is 8.63. The molecule has 4 aromatic rings. The molecule has 0 aliphatic carbocycles. The molecule has 28 heavy (non-hydrogen) atoms. The minimum absolute atomic E-state index is 0.144. The Morgan fingerprint density at radius 2 is 1.86 bits per heavy atom. The van der Waals surface area contributed by atoms with Crippen LogP contribution in [0.2, 0.25) is 0 Å². The molecule has 7 heteroatoms. The average molecular weight is 408 g/mol. The molecule has 5 nitrogen and oxygen atoms in total. The lowest BCUT2D eigenvalue weighted by atomic mass is 10.1. The highest BCUT2D eigenvalue weighted by Gasteiger charge is 2.16. The summed E-state index contributed by atoms with van der Waals surface area (Å²) in [6.07, 6.45) is 3.34. The van der Waals surface area contributed by atoms with Gasteiger partial charge in [0.25, 0.3) is 11.5 Å². The maximum atomic E-state index is 12.9. The lowest BCUT2D eigenvalue weighted by Gasteiger charge is -2.11. The van der Waals surface area contributed by atoms with Crippen molar-refractivity contribution >= 4 is 28.6 Å². The van der Waals surface area contributed by atoms with Crippen LogP contribution in [0.3, 0.4) is 0 Å². The second kappa shape index (κ2) is 7.92. The summed E-state index contributed by atoms with van der Waals surface area (Å²) in [6, 6.07) is 13.2. The van der Waals surface area contributed by atoms with Crippen LogP contribution in [0.15, 0.2) is 70.4 Å². The minimum atomic E-state index is -0.214. The SMILES string of the molecule is Cn1cc(C(=O)NCc2ccnc(-c3cccs3)c2)c(-c2cccs2)cc1=O. The van der Waals surface area contributed by atoms with Gasteiger partial charge in [0.1, 0.15) is 0 Å². The summed E-state index contributed by atoms with van der Waals surface area (Å²) in [6.45, 7) is 0.381. The molecule has 0 aliphatic heterocycles. The van der Waals surface area contributed by atoms with Crippen LogP contribution in [0.25, 0.3) is 21.0 Å². The zero-order valence-corrected chi connectivity index (χ0v) is 16.7. The predicted molar refractivity (Wildman–Crippen MR) is 114 cm³/mol. The minimum Gasteiger partial charge on any atom is -0.348 e. The molecule has 0 saturated carbocycles. The smallest absolute Gasteiger partial charge is 0.253 e. The number of amides is 1. The van der Waals surface area contributed by atoms with Crippen molar-refractivity contribution in [3.05, 3.63) is 87.1 Å². The van der Waals surface area contributed by atoms with Gasteiger partial charge in [-0.05, 0) is 40.6 Å². The number of hydrogen-bond acceptors (Lipinski definition) is 5. The van der Waals surface area contributed by atoms with E-state index >= 15 is 0 Å². The first-order valence-corrected chi connectivity index (χ1v) is 10.4. The quantitative estimate of drug-likeness (QED) is 0.540. The van der Waals surface area contributed by atoms with E-state index in [4.69, 9.17) is 0 Å². The second-order valence-corrected chi connectivity index (χ2v) is 8.13. The van der Waals surface area contributed by atoms with E-state index in [2.05, 4.69) is 10.3 Å². The Morgan fingerprint density at radius 3 is 2.57 bits per heavy atom. The second-order valence-electron chi connectivity index (χ2n) is 6.24. The molecule has 4 aromatic heterocycles. The number of thiophene rings is 2. The standard InChI is InChI=1S/C21H17N3O2S2/c1-24-13-16(15(11-20(24)25)18-4-2-8-27-18)21(26)23-12-14-6-7-22-17(10-14)19-5-3-9-28-19/h2-11,13H,12H2,1H3,(H,23,26). The van der Waals surface area contributed by atoms with Crippen LogP contribution in [-0.4, -0.2) is 15.5 Å². The molecular formula is C21H17N3O2S2. The molecule has 4 rings (SSSR count). The van der Waals surface area contributed by atoms with Gasteiger partial charge in [-0.15, -0.1) is 22.7 Å². The number of pyridine rings is 2. The van der Waals surface area contributed by atoms with E-state index in [1.807, 2.05) is 47.2 Å². The van der Waals surface area contributed by atoms with Gasteiger partial charge in [0.2, 0.25) is 0 Å². The molecule has 0 unspecified atom stereocenters. The van der Waals surface area contributed by atoms with Crippen molar-refractivity contribution in [3.63, 3.8) is 0 Å². The largest absolute Gasteiger partial charge is 0.348 e. The molecule has 0 bridgehead atoms. The van der Waals surface area contributed by atoms with E-state index in [-0.39, 0.29) is 11.5 Å². The highest BCUT2D eigenvalue weighted by atomic mass is 32.1. The molecule has 0 saturated heterocycles. The maximum absolute atomic E-state index is 12.9. The highest BCUT2D eigenvalue weighted by Crippen LogP contribution is 2.27. The van der Waals surface area contributed by atoms with Gasteiger partial charge in [-0.25, -0.2) is 0 Å². The van der Waals surface area contributed by atoms with Gasteiger partial charge in [0.15, 0.2) is 0 Å². The number of carbonyl (C=O) groups is 1. The molecule has 0 spiro atoms. The Labute approximate surface area is 170 Å². The summed E-state index contributed by atoms with van der Waals surface area (Å²) in [4.78, 5) is 31.3. The molecule has 140 valence electrons. The fraction of sp³-hybridized carbons (Fsp3) is 0.0952. The molecular weight excluding hydrogens is 390 g/mol. The van der Waals surface area contributed by atoms with Gasteiger partial charge >= 0.3 is 0 Å². The van der Waals surface area contributed by atoms with Crippen molar-refractivity contribution in [1.82, 2.24) is 14.9 Å². The first-order chi connectivity index (χ1) is 13.6. The summed E-state index contributed by atoms with van der Waals surface area (Å²) < 4.78 is 1.42. The van der Waals surface area contributed by atoms with Gasteiger partial charge in [-0.2, -0.15) is 0 Å². The number of rotatable bonds is 5. The van der Waals surface area contributed by atoms with Gasteiger partial charge in [-0.3, -0.25) is 14.6 Å². The lowest BCUT2D eigenvalue weighted by Crippen LogP contribution is -2.26. The monoisotopic (exact) mass is 407 g/mol. The summed E-state index contributed by atoms with van der Waals surface area (Å²) in [5.74, 6) is -0.214. The molecule has 0 aromatic carbocycles. The summed E-state index contributed by atoms with van der Waals surface area (Å²) in [5, 5.41) is 6.90. The number of nitrogens with zero attached hydrogens (tertiary/aromatic N) is 2. The van der Waals surface area contributed by atoms with Crippen LogP contribution in [0.1, 0.15) is 15.9 Å². The first kappa shape index (κ1) is 18.3. The Bertz CT molecular complexity index is 1160. The van der Waals surface area contributed by atoms with Crippen LogP contribution in [0.5, 0.6) is 0 Å². The number of aromatic nitrogens is 2. The van der Waals surface area contributed by atoms with Crippen LogP contribution < -0.4 is 10.9 Å². The topological polar surface area (TPSA) is 64.0 Å². The van der Waals surface area contributed by atoms with Crippen molar-refractivity contribution in [3.8, 4) is 21.0 Å². The van der Waals surface area contributed by atoms with E-state index in [9.17, 15) is 9.59 Å². The van der Waals surface area contributed by atoms with E-state index in [0.29, 0.717) is 17.7 Å². The normalized spacial score (nSPS) is 10.8. The van der Waals surface area contributed by atoms with Crippen molar-refractivity contribution < 1.29 is 4.79 Å². The number of hydrogen-bond donors (Lipinski definition) is 1. The number of carbonyl (C=O) groups excluding carboxylic acids is 1. The molecule has 0 fully saturated rings. The van der Waals surface area contributed by atoms with Gasteiger partial charge < -0.3 is 9.88 Å². The molecule has 1 amide bonds. The third-order valence-corrected chi connectivity index (χ3v) is 6.11. The summed E-state index contributed by atoms with van der Waals surface area (Å²) in [5.41, 5.74) is 2.86. The maximum Gasteiger partial charge on any atom is 0.253 e.